The highest BCUT2D eigenvalue weighted by atomic mass is 32.1. The summed E-state index contributed by atoms with van der Waals surface area (Å²) < 4.78 is 6.80. The van der Waals surface area contributed by atoms with Crippen LogP contribution in [-0.4, -0.2) is 18.1 Å². The summed E-state index contributed by atoms with van der Waals surface area (Å²) in [5.41, 5.74) is 4.95. The van der Waals surface area contributed by atoms with E-state index in [1.54, 1.807) is 0 Å². The molecule has 7 rings (SSSR count). The van der Waals surface area contributed by atoms with Crippen molar-refractivity contribution in [3.05, 3.63) is 51.8 Å². The molecule has 2 aromatic rings. The Morgan fingerprint density at radius 1 is 1.00 bits per heavy atom. The molecular formula is C25H30N2OS. The fourth-order valence-corrected chi connectivity index (χ4v) is 7.52. The average Bonchev–Trinajstić information content (AvgIpc) is 3.16. The Bertz CT molecular complexity index is 933. The van der Waals surface area contributed by atoms with Crippen LogP contribution in [0.15, 0.2) is 41.4 Å². The van der Waals surface area contributed by atoms with E-state index in [2.05, 4.69) is 59.9 Å². The second-order valence-electron chi connectivity index (χ2n) is 9.71. The van der Waals surface area contributed by atoms with E-state index in [0.717, 1.165) is 41.7 Å². The molecule has 4 heteroatoms. The van der Waals surface area contributed by atoms with E-state index >= 15 is 0 Å². The number of hydrogen-bond acceptors (Lipinski definition) is 4. The molecule has 4 aliphatic carbocycles. The highest BCUT2D eigenvalue weighted by Crippen LogP contribution is 2.55. The Kier molecular flexibility index (Phi) is 4.19. The van der Waals surface area contributed by atoms with Gasteiger partial charge in [0.05, 0.1) is 17.9 Å². The van der Waals surface area contributed by atoms with Crippen LogP contribution in [0.25, 0.3) is 5.70 Å². The number of rotatable bonds is 4. The van der Waals surface area contributed by atoms with E-state index < -0.39 is 0 Å². The molecule has 1 N–H and O–H groups in total. The van der Waals surface area contributed by atoms with E-state index in [1.165, 1.54) is 53.9 Å². The Morgan fingerprint density at radius 2 is 1.72 bits per heavy atom. The first kappa shape index (κ1) is 17.9. The maximum absolute atomic E-state index is 6.80. The number of thiophene rings is 1. The van der Waals surface area contributed by atoms with Crippen molar-refractivity contribution in [2.75, 3.05) is 12.4 Å². The minimum atomic E-state index is 0.409. The molecule has 5 aliphatic rings. The SMILES string of the molecule is CC1=C(Nc2ccccc2OC2C3CC4CC(C3)CC2C4)c2ccsc2CN1C. The number of nitrogens with zero attached hydrogens (tertiary/aromatic N) is 1. The Labute approximate surface area is 177 Å². The van der Waals surface area contributed by atoms with Crippen LogP contribution in [0.1, 0.15) is 49.5 Å². The van der Waals surface area contributed by atoms with Gasteiger partial charge in [0.25, 0.3) is 0 Å². The van der Waals surface area contributed by atoms with Gasteiger partial charge >= 0.3 is 0 Å². The summed E-state index contributed by atoms with van der Waals surface area (Å²) in [6.45, 7) is 3.21. The molecule has 29 heavy (non-hydrogen) atoms. The molecular weight excluding hydrogens is 376 g/mol. The lowest BCUT2D eigenvalue weighted by molar-refractivity contribution is -0.0787. The number of benzene rings is 1. The minimum Gasteiger partial charge on any atom is -0.488 e. The summed E-state index contributed by atoms with van der Waals surface area (Å²) in [5.74, 6) is 4.52. The molecule has 3 nitrogen and oxygen atoms in total. The number of anilines is 1. The first-order valence-electron chi connectivity index (χ1n) is 11.2. The predicted octanol–water partition coefficient (Wildman–Crippen LogP) is 6.20. The first-order valence-corrected chi connectivity index (χ1v) is 12.0. The summed E-state index contributed by atoms with van der Waals surface area (Å²) in [6.07, 6.45) is 7.45. The summed E-state index contributed by atoms with van der Waals surface area (Å²) in [4.78, 5) is 3.77. The summed E-state index contributed by atoms with van der Waals surface area (Å²) in [7, 11) is 2.18. The second kappa shape index (κ2) is 6.80. The molecule has 1 aromatic carbocycles. The average molecular weight is 407 g/mol. The number of ether oxygens (including phenoxy) is 1. The standard InChI is InChI=1S/C25H30N2OS/c1-15-24(20-7-8-29-23(20)14-27(15)2)26-21-5-3-4-6-22(21)28-25-18-10-16-9-17(12-18)13-19(25)11-16/h3-8,16-19,25-26H,9-14H2,1-2H3. The zero-order valence-electron chi connectivity index (χ0n) is 17.4. The molecule has 4 fully saturated rings. The summed E-state index contributed by atoms with van der Waals surface area (Å²) >= 11 is 1.85. The van der Waals surface area contributed by atoms with Crippen molar-refractivity contribution in [3.8, 4) is 5.75 Å². The molecule has 0 saturated heterocycles. The number of allylic oxidation sites excluding steroid dienone is 1. The van der Waals surface area contributed by atoms with Gasteiger partial charge in [0.15, 0.2) is 0 Å². The largest absolute Gasteiger partial charge is 0.488 e. The molecule has 0 spiro atoms. The van der Waals surface area contributed by atoms with Crippen LogP contribution >= 0.6 is 11.3 Å². The van der Waals surface area contributed by atoms with E-state index in [4.69, 9.17) is 4.74 Å². The molecule has 0 unspecified atom stereocenters. The van der Waals surface area contributed by atoms with Gasteiger partial charge in [-0.25, -0.2) is 0 Å². The zero-order valence-corrected chi connectivity index (χ0v) is 18.2. The monoisotopic (exact) mass is 406 g/mol. The van der Waals surface area contributed by atoms with Crippen LogP contribution in [0, 0.1) is 23.7 Å². The van der Waals surface area contributed by atoms with E-state index in [-0.39, 0.29) is 0 Å². The van der Waals surface area contributed by atoms with Crippen molar-refractivity contribution < 1.29 is 4.74 Å². The van der Waals surface area contributed by atoms with Crippen molar-refractivity contribution in [2.45, 2.75) is 51.7 Å². The lowest BCUT2D eigenvalue weighted by Gasteiger charge is -2.53. The molecule has 0 radical (unpaired) electrons. The van der Waals surface area contributed by atoms with Gasteiger partial charge in [-0.2, -0.15) is 0 Å². The van der Waals surface area contributed by atoms with Crippen molar-refractivity contribution in [1.29, 1.82) is 0 Å². The fourth-order valence-electron chi connectivity index (χ4n) is 6.58. The quantitative estimate of drug-likeness (QED) is 0.654. The molecule has 2 heterocycles. The predicted molar refractivity (Wildman–Crippen MR) is 120 cm³/mol. The van der Waals surface area contributed by atoms with Crippen LogP contribution in [0.2, 0.25) is 0 Å². The van der Waals surface area contributed by atoms with Crippen LogP contribution in [0.5, 0.6) is 5.75 Å². The Balaban J connectivity index is 1.29. The lowest BCUT2D eigenvalue weighted by atomic mass is 9.55. The lowest BCUT2D eigenvalue weighted by Crippen LogP contribution is -2.50. The summed E-state index contributed by atoms with van der Waals surface area (Å²) in [5, 5.41) is 5.97. The van der Waals surface area contributed by atoms with Crippen molar-refractivity contribution in [2.24, 2.45) is 23.7 Å². The number of nitrogens with one attached hydrogen (secondary N) is 1. The third-order valence-electron chi connectivity index (χ3n) is 7.88. The van der Waals surface area contributed by atoms with E-state index in [1.807, 2.05) is 11.3 Å². The molecule has 1 aliphatic heterocycles. The molecule has 0 amide bonds. The van der Waals surface area contributed by atoms with Gasteiger partial charge in [-0.1, -0.05) is 12.1 Å². The maximum atomic E-state index is 6.80. The van der Waals surface area contributed by atoms with Gasteiger partial charge in [-0.15, -0.1) is 11.3 Å². The fraction of sp³-hybridized carbons (Fsp3) is 0.520. The molecule has 1 aromatic heterocycles. The maximum Gasteiger partial charge on any atom is 0.143 e. The summed E-state index contributed by atoms with van der Waals surface area (Å²) in [6, 6.07) is 10.8. The van der Waals surface area contributed by atoms with Gasteiger partial charge in [-0.3, -0.25) is 0 Å². The van der Waals surface area contributed by atoms with Crippen molar-refractivity contribution in [1.82, 2.24) is 4.90 Å². The third-order valence-corrected chi connectivity index (χ3v) is 8.79. The van der Waals surface area contributed by atoms with Crippen LogP contribution in [-0.2, 0) is 6.54 Å². The van der Waals surface area contributed by atoms with Crippen molar-refractivity contribution >= 4 is 22.7 Å². The van der Waals surface area contributed by atoms with Crippen LogP contribution < -0.4 is 10.1 Å². The Hall–Kier alpha value is -1.94. The smallest absolute Gasteiger partial charge is 0.143 e. The van der Waals surface area contributed by atoms with Gasteiger partial charge in [-0.05, 0) is 86.3 Å². The van der Waals surface area contributed by atoms with Crippen LogP contribution in [0.4, 0.5) is 5.69 Å². The molecule has 0 atom stereocenters. The second-order valence-corrected chi connectivity index (χ2v) is 10.7. The normalized spacial score (nSPS) is 32.5. The zero-order chi connectivity index (χ0) is 19.5. The van der Waals surface area contributed by atoms with E-state index in [0.29, 0.717) is 6.10 Å². The Morgan fingerprint density at radius 3 is 2.48 bits per heavy atom. The van der Waals surface area contributed by atoms with Crippen molar-refractivity contribution in [3.63, 3.8) is 0 Å². The third kappa shape index (κ3) is 2.99. The molecule has 4 saturated carbocycles. The van der Waals surface area contributed by atoms with Gasteiger partial charge < -0.3 is 15.0 Å². The first-order chi connectivity index (χ1) is 14.2. The number of para-hydroxylation sites is 2. The van der Waals surface area contributed by atoms with Gasteiger partial charge in [0, 0.05) is 23.2 Å². The number of hydrogen-bond donors (Lipinski definition) is 1. The van der Waals surface area contributed by atoms with Gasteiger partial charge in [0.1, 0.15) is 11.9 Å². The van der Waals surface area contributed by atoms with Gasteiger partial charge in [0.2, 0.25) is 0 Å². The number of fused-ring (bicyclic) bond motifs is 1. The van der Waals surface area contributed by atoms with E-state index in [9.17, 15) is 0 Å². The minimum absolute atomic E-state index is 0.409. The van der Waals surface area contributed by atoms with Crippen LogP contribution in [0.3, 0.4) is 0 Å². The highest BCUT2D eigenvalue weighted by Gasteiger charge is 2.49. The topological polar surface area (TPSA) is 24.5 Å². The molecule has 4 bridgehead atoms. The highest BCUT2D eigenvalue weighted by molar-refractivity contribution is 7.10. The molecule has 152 valence electrons.